The molecule has 25 heavy (non-hydrogen) atoms. The van der Waals surface area contributed by atoms with Crippen LogP contribution in [0.2, 0.25) is 0 Å². The first kappa shape index (κ1) is 18.3. The van der Waals surface area contributed by atoms with Crippen LogP contribution in [0.3, 0.4) is 0 Å². The van der Waals surface area contributed by atoms with Gasteiger partial charge in [0.05, 0.1) is 26.5 Å². The average molecular weight is 342 g/mol. The molecule has 0 aromatic heterocycles. The molecule has 1 amide bonds. The van der Waals surface area contributed by atoms with Crippen molar-refractivity contribution in [2.75, 3.05) is 14.2 Å². The Labute approximate surface area is 147 Å². The molecule has 0 aliphatic rings. The van der Waals surface area contributed by atoms with E-state index >= 15 is 0 Å². The summed E-state index contributed by atoms with van der Waals surface area (Å²) >= 11 is 0. The van der Waals surface area contributed by atoms with Crippen molar-refractivity contribution in [3.8, 4) is 17.2 Å². The Morgan fingerprint density at radius 2 is 1.60 bits per heavy atom. The molecule has 0 spiro atoms. The average Bonchev–Trinajstić information content (AvgIpc) is 2.61. The predicted octanol–water partition coefficient (Wildman–Crippen LogP) is 3.25. The van der Waals surface area contributed by atoms with Crippen LogP contribution < -0.4 is 19.6 Å². The lowest BCUT2D eigenvalue weighted by molar-refractivity contribution is 0.0955. The fourth-order valence-corrected chi connectivity index (χ4v) is 2.09. The second-order valence-electron chi connectivity index (χ2n) is 5.54. The van der Waals surface area contributed by atoms with E-state index in [4.69, 9.17) is 14.2 Å². The molecule has 0 heterocycles. The molecule has 2 rings (SSSR count). The highest BCUT2D eigenvalue weighted by Crippen LogP contribution is 2.21. The predicted molar refractivity (Wildman–Crippen MR) is 96.8 cm³/mol. The van der Waals surface area contributed by atoms with Crippen molar-refractivity contribution in [3.63, 3.8) is 0 Å². The molecule has 2 aromatic carbocycles. The van der Waals surface area contributed by atoms with Crippen molar-refractivity contribution < 1.29 is 19.0 Å². The number of methoxy groups -OCH3 is 2. The number of nitrogens with one attached hydrogen (secondary N) is 1. The fourth-order valence-electron chi connectivity index (χ4n) is 2.09. The van der Waals surface area contributed by atoms with Crippen LogP contribution in [0, 0.1) is 0 Å². The first-order valence-corrected chi connectivity index (χ1v) is 7.85. The standard InChI is InChI=1S/C19H22N2O4/c1-13(2)25-16-7-5-15(6-8-16)19(22)21-20-12-14-9-17(23-3)11-18(10-14)24-4/h5-13H,1-4H3,(H,21,22)/b20-12-. The molecule has 0 aliphatic heterocycles. The second-order valence-corrected chi connectivity index (χ2v) is 5.54. The maximum atomic E-state index is 12.1. The first-order chi connectivity index (χ1) is 12.0. The molecular weight excluding hydrogens is 320 g/mol. The van der Waals surface area contributed by atoms with Gasteiger partial charge in [-0.2, -0.15) is 5.10 Å². The summed E-state index contributed by atoms with van der Waals surface area (Å²) in [6, 6.07) is 12.2. The van der Waals surface area contributed by atoms with Crippen molar-refractivity contribution in [2.45, 2.75) is 20.0 Å². The van der Waals surface area contributed by atoms with Crippen molar-refractivity contribution in [3.05, 3.63) is 53.6 Å². The number of hydrogen-bond acceptors (Lipinski definition) is 5. The summed E-state index contributed by atoms with van der Waals surface area (Å²) in [5.41, 5.74) is 3.73. The van der Waals surface area contributed by atoms with Crippen molar-refractivity contribution >= 4 is 12.1 Å². The monoisotopic (exact) mass is 342 g/mol. The van der Waals surface area contributed by atoms with E-state index in [2.05, 4.69) is 10.5 Å². The van der Waals surface area contributed by atoms with Gasteiger partial charge in [-0.15, -0.1) is 0 Å². The van der Waals surface area contributed by atoms with E-state index in [-0.39, 0.29) is 12.0 Å². The molecule has 0 fully saturated rings. The number of amides is 1. The van der Waals surface area contributed by atoms with Gasteiger partial charge >= 0.3 is 0 Å². The minimum atomic E-state index is -0.304. The summed E-state index contributed by atoms with van der Waals surface area (Å²) in [5, 5.41) is 3.97. The molecule has 2 aromatic rings. The van der Waals surface area contributed by atoms with Gasteiger partial charge in [0.15, 0.2) is 0 Å². The first-order valence-electron chi connectivity index (χ1n) is 7.85. The van der Waals surface area contributed by atoms with Gasteiger partial charge in [0.25, 0.3) is 5.91 Å². The smallest absolute Gasteiger partial charge is 0.271 e. The normalized spacial score (nSPS) is 10.8. The number of hydrazone groups is 1. The van der Waals surface area contributed by atoms with Crippen molar-refractivity contribution in [1.82, 2.24) is 5.43 Å². The maximum absolute atomic E-state index is 12.1. The highest BCUT2D eigenvalue weighted by Gasteiger charge is 2.05. The highest BCUT2D eigenvalue weighted by atomic mass is 16.5. The van der Waals surface area contributed by atoms with Crippen molar-refractivity contribution in [1.29, 1.82) is 0 Å². The van der Waals surface area contributed by atoms with Crippen LogP contribution in [0.1, 0.15) is 29.8 Å². The Kier molecular flexibility index (Phi) is 6.39. The second kappa shape index (κ2) is 8.73. The number of rotatable bonds is 7. The summed E-state index contributed by atoms with van der Waals surface area (Å²) in [6.45, 7) is 3.89. The summed E-state index contributed by atoms with van der Waals surface area (Å²) in [5.74, 6) is 1.71. The molecular formula is C19H22N2O4. The highest BCUT2D eigenvalue weighted by molar-refractivity contribution is 5.95. The number of benzene rings is 2. The summed E-state index contributed by atoms with van der Waals surface area (Å²) in [7, 11) is 3.15. The van der Waals surface area contributed by atoms with E-state index in [0.29, 0.717) is 17.1 Å². The van der Waals surface area contributed by atoms with Gasteiger partial charge in [0.2, 0.25) is 0 Å². The van der Waals surface area contributed by atoms with E-state index in [1.807, 2.05) is 13.8 Å². The van der Waals surface area contributed by atoms with Crippen LogP contribution in [-0.4, -0.2) is 32.4 Å². The Hall–Kier alpha value is -3.02. The van der Waals surface area contributed by atoms with Gasteiger partial charge in [0.1, 0.15) is 17.2 Å². The van der Waals surface area contributed by atoms with Gasteiger partial charge in [-0.25, -0.2) is 5.43 Å². The minimum absolute atomic E-state index is 0.0872. The third kappa shape index (κ3) is 5.53. The lowest BCUT2D eigenvalue weighted by Crippen LogP contribution is -2.17. The van der Waals surface area contributed by atoms with E-state index in [9.17, 15) is 4.79 Å². The zero-order valence-electron chi connectivity index (χ0n) is 14.8. The molecule has 0 saturated heterocycles. The van der Waals surface area contributed by atoms with E-state index < -0.39 is 0 Å². The zero-order chi connectivity index (χ0) is 18.2. The van der Waals surface area contributed by atoms with E-state index in [1.54, 1.807) is 56.7 Å². The quantitative estimate of drug-likeness (QED) is 0.619. The van der Waals surface area contributed by atoms with Crippen LogP contribution in [-0.2, 0) is 0 Å². The summed E-state index contributed by atoms with van der Waals surface area (Å²) < 4.78 is 15.9. The van der Waals surface area contributed by atoms with E-state index in [1.165, 1.54) is 6.21 Å². The van der Waals surface area contributed by atoms with Crippen LogP contribution in [0.15, 0.2) is 47.6 Å². The molecule has 0 unspecified atom stereocenters. The Morgan fingerprint density at radius 3 is 2.12 bits per heavy atom. The lowest BCUT2D eigenvalue weighted by Gasteiger charge is -2.09. The van der Waals surface area contributed by atoms with Crippen LogP contribution >= 0.6 is 0 Å². The third-order valence-corrected chi connectivity index (χ3v) is 3.24. The summed E-state index contributed by atoms with van der Waals surface area (Å²) in [4.78, 5) is 12.1. The lowest BCUT2D eigenvalue weighted by atomic mass is 10.2. The largest absolute Gasteiger partial charge is 0.497 e. The number of hydrogen-bond donors (Lipinski definition) is 1. The Bertz CT molecular complexity index is 717. The summed E-state index contributed by atoms with van der Waals surface area (Å²) in [6.07, 6.45) is 1.61. The number of nitrogens with zero attached hydrogens (tertiary/aromatic N) is 1. The van der Waals surface area contributed by atoms with Gasteiger partial charge in [-0.3, -0.25) is 4.79 Å². The van der Waals surface area contributed by atoms with Crippen LogP contribution in [0.4, 0.5) is 0 Å². The number of ether oxygens (including phenoxy) is 3. The zero-order valence-corrected chi connectivity index (χ0v) is 14.8. The fraction of sp³-hybridized carbons (Fsp3) is 0.263. The van der Waals surface area contributed by atoms with E-state index in [0.717, 1.165) is 11.3 Å². The minimum Gasteiger partial charge on any atom is -0.497 e. The molecule has 0 bridgehead atoms. The molecule has 0 aliphatic carbocycles. The van der Waals surface area contributed by atoms with Crippen molar-refractivity contribution in [2.24, 2.45) is 5.10 Å². The molecule has 6 heteroatoms. The Balaban J connectivity index is 2.00. The third-order valence-electron chi connectivity index (χ3n) is 3.24. The Morgan fingerprint density at radius 1 is 1.00 bits per heavy atom. The van der Waals surface area contributed by atoms with Gasteiger partial charge in [0, 0.05) is 17.2 Å². The molecule has 0 atom stereocenters. The molecule has 6 nitrogen and oxygen atoms in total. The van der Waals surface area contributed by atoms with Gasteiger partial charge in [-0.05, 0) is 50.2 Å². The maximum Gasteiger partial charge on any atom is 0.271 e. The molecule has 0 saturated carbocycles. The van der Waals surface area contributed by atoms with Gasteiger partial charge < -0.3 is 14.2 Å². The molecule has 1 N–H and O–H groups in total. The number of carbonyl (C=O) groups is 1. The van der Waals surface area contributed by atoms with Crippen LogP contribution in [0.5, 0.6) is 17.2 Å². The topological polar surface area (TPSA) is 69.2 Å². The molecule has 132 valence electrons. The SMILES string of the molecule is COc1cc(/C=N\NC(=O)c2ccc(OC(C)C)cc2)cc(OC)c1. The molecule has 0 radical (unpaired) electrons. The van der Waals surface area contributed by atoms with Gasteiger partial charge in [-0.1, -0.05) is 0 Å². The number of carbonyl (C=O) groups excluding carboxylic acids is 1. The van der Waals surface area contributed by atoms with Crippen LogP contribution in [0.25, 0.3) is 0 Å².